The molecule has 0 unspecified atom stereocenters. The average Bonchev–Trinajstić information content (AvgIpc) is 3.00. The van der Waals surface area contributed by atoms with Gasteiger partial charge in [-0.15, -0.1) is 0 Å². The molecular weight excluding hydrogens is 309 g/mol. The van der Waals surface area contributed by atoms with Gasteiger partial charge in [-0.3, -0.25) is 10.1 Å². The van der Waals surface area contributed by atoms with Crippen molar-refractivity contribution >= 4 is 5.69 Å². The predicted octanol–water partition coefficient (Wildman–Crippen LogP) is 4.74. The van der Waals surface area contributed by atoms with Crippen LogP contribution in [0.5, 0.6) is 0 Å². The minimum absolute atomic E-state index is 0.0501. The first-order valence-corrected chi connectivity index (χ1v) is 7.68. The van der Waals surface area contributed by atoms with Gasteiger partial charge in [-0.1, -0.05) is 13.3 Å². The highest BCUT2D eigenvalue weighted by Gasteiger charge is 2.14. The number of hydrogen-bond donors (Lipinski definition) is 1. The third-order valence-corrected chi connectivity index (χ3v) is 3.75. The van der Waals surface area contributed by atoms with Gasteiger partial charge >= 0.3 is 0 Å². The number of benzene rings is 2. The number of nitro groups is 1. The number of nitrogens with zero attached hydrogens (tertiary/aromatic N) is 2. The van der Waals surface area contributed by atoms with E-state index in [9.17, 15) is 14.5 Å². The molecule has 1 aromatic heterocycles. The highest BCUT2D eigenvalue weighted by molar-refractivity contribution is 5.68. The first kappa shape index (κ1) is 15.9. The number of non-ortho nitro benzene ring substituents is 1. The molecule has 5 nitrogen and oxygen atoms in total. The Morgan fingerprint density at radius 1 is 1.08 bits per heavy atom. The lowest BCUT2D eigenvalue weighted by atomic mass is 10.1. The smallest absolute Gasteiger partial charge is 0.269 e. The minimum Gasteiger partial charge on any atom is -0.338 e. The van der Waals surface area contributed by atoms with E-state index in [0.717, 1.165) is 35.4 Å². The second-order valence-corrected chi connectivity index (χ2v) is 5.47. The van der Waals surface area contributed by atoms with Gasteiger partial charge in [0.25, 0.3) is 5.69 Å². The van der Waals surface area contributed by atoms with Crippen LogP contribution >= 0.6 is 0 Å². The van der Waals surface area contributed by atoms with Gasteiger partial charge in [0.1, 0.15) is 11.6 Å². The number of imidazole rings is 1. The molecule has 1 heterocycles. The molecule has 0 fully saturated rings. The second-order valence-electron chi connectivity index (χ2n) is 5.47. The van der Waals surface area contributed by atoms with E-state index < -0.39 is 4.92 Å². The summed E-state index contributed by atoms with van der Waals surface area (Å²) in [6, 6.07) is 12.5. The monoisotopic (exact) mass is 325 g/mol. The Bertz CT molecular complexity index is 855. The topological polar surface area (TPSA) is 71.8 Å². The molecule has 0 saturated carbocycles. The SMILES string of the molecule is CCCc1nc(-c2ccc(F)cc2)[nH]c1-c1ccc([N+](=O)[O-])cc1. The first-order chi connectivity index (χ1) is 11.6. The fourth-order valence-electron chi connectivity index (χ4n) is 2.56. The molecule has 0 spiro atoms. The molecule has 6 heteroatoms. The maximum absolute atomic E-state index is 13.1. The third kappa shape index (κ3) is 3.17. The molecule has 0 saturated heterocycles. The number of nitrogens with one attached hydrogen (secondary N) is 1. The molecule has 3 rings (SSSR count). The standard InChI is InChI=1S/C18H16FN3O2/c1-2-3-16-17(12-6-10-15(11-7-12)22(23)24)21-18(20-16)13-4-8-14(19)9-5-13/h4-11H,2-3H2,1H3,(H,20,21). The Morgan fingerprint density at radius 2 is 1.71 bits per heavy atom. The number of aryl methyl sites for hydroxylation is 1. The molecule has 24 heavy (non-hydrogen) atoms. The van der Waals surface area contributed by atoms with E-state index in [1.54, 1.807) is 24.3 Å². The van der Waals surface area contributed by atoms with Crippen molar-refractivity contribution in [1.29, 1.82) is 0 Å². The lowest BCUT2D eigenvalue weighted by Gasteiger charge is -2.01. The molecule has 0 aliphatic carbocycles. The Balaban J connectivity index is 2.02. The van der Waals surface area contributed by atoms with E-state index in [-0.39, 0.29) is 11.5 Å². The summed E-state index contributed by atoms with van der Waals surface area (Å²) in [5, 5.41) is 10.8. The number of aromatic nitrogens is 2. The Labute approximate surface area is 138 Å². The van der Waals surface area contributed by atoms with Crippen LogP contribution in [0.4, 0.5) is 10.1 Å². The maximum atomic E-state index is 13.1. The summed E-state index contributed by atoms with van der Waals surface area (Å²) in [5.41, 5.74) is 3.41. The molecule has 1 N–H and O–H groups in total. The zero-order valence-electron chi connectivity index (χ0n) is 13.1. The number of hydrogen-bond acceptors (Lipinski definition) is 3. The van der Waals surface area contributed by atoms with Crippen LogP contribution in [0, 0.1) is 15.9 Å². The molecule has 0 aliphatic rings. The minimum atomic E-state index is -0.423. The van der Waals surface area contributed by atoms with Gasteiger partial charge in [0, 0.05) is 23.3 Å². The van der Waals surface area contributed by atoms with Gasteiger partial charge < -0.3 is 4.98 Å². The van der Waals surface area contributed by atoms with E-state index in [1.165, 1.54) is 24.3 Å². The van der Waals surface area contributed by atoms with Crippen molar-refractivity contribution < 1.29 is 9.31 Å². The van der Waals surface area contributed by atoms with Crippen LogP contribution in [0.1, 0.15) is 19.0 Å². The molecule has 0 radical (unpaired) electrons. The third-order valence-electron chi connectivity index (χ3n) is 3.75. The largest absolute Gasteiger partial charge is 0.338 e. The van der Waals surface area contributed by atoms with Gasteiger partial charge in [-0.25, -0.2) is 9.37 Å². The van der Waals surface area contributed by atoms with Crippen LogP contribution in [0.15, 0.2) is 48.5 Å². The van der Waals surface area contributed by atoms with Crippen molar-refractivity contribution in [2.75, 3.05) is 0 Å². The van der Waals surface area contributed by atoms with Gasteiger partial charge in [-0.05, 0) is 42.8 Å². The summed E-state index contributed by atoms with van der Waals surface area (Å²) in [7, 11) is 0. The fourth-order valence-corrected chi connectivity index (χ4v) is 2.56. The molecule has 2 aromatic carbocycles. The number of rotatable bonds is 5. The quantitative estimate of drug-likeness (QED) is 0.544. The molecule has 0 atom stereocenters. The van der Waals surface area contributed by atoms with Gasteiger partial charge in [0.05, 0.1) is 16.3 Å². The predicted molar refractivity (Wildman–Crippen MR) is 90.1 cm³/mol. The lowest BCUT2D eigenvalue weighted by Crippen LogP contribution is -1.90. The normalized spacial score (nSPS) is 10.8. The molecule has 3 aromatic rings. The summed E-state index contributed by atoms with van der Waals surface area (Å²) in [5.74, 6) is 0.362. The maximum Gasteiger partial charge on any atom is 0.269 e. The van der Waals surface area contributed by atoms with Crippen LogP contribution in [-0.4, -0.2) is 14.9 Å². The average molecular weight is 325 g/mol. The number of H-pyrrole nitrogens is 1. The summed E-state index contributed by atoms with van der Waals surface area (Å²) in [4.78, 5) is 18.3. The number of aromatic amines is 1. The van der Waals surface area contributed by atoms with E-state index in [0.29, 0.717) is 5.82 Å². The Morgan fingerprint density at radius 3 is 2.29 bits per heavy atom. The van der Waals surface area contributed by atoms with Crippen LogP contribution in [0.3, 0.4) is 0 Å². The van der Waals surface area contributed by atoms with Crippen LogP contribution < -0.4 is 0 Å². The van der Waals surface area contributed by atoms with Gasteiger partial charge in [0.15, 0.2) is 0 Å². The summed E-state index contributed by atoms with van der Waals surface area (Å²) in [6.45, 7) is 2.06. The highest BCUT2D eigenvalue weighted by Crippen LogP contribution is 2.28. The van der Waals surface area contributed by atoms with Crippen LogP contribution in [-0.2, 0) is 6.42 Å². The van der Waals surface area contributed by atoms with Crippen LogP contribution in [0.25, 0.3) is 22.6 Å². The van der Waals surface area contributed by atoms with E-state index >= 15 is 0 Å². The second kappa shape index (κ2) is 6.62. The number of nitro benzene ring substituents is 1. The lowest BCUT2D eigenvalue weighted by molar-refractivity contribution is -0.384. The zero-order chi connectivity index (χ0) is 17.1. The number of halogens is 1. The van der Waals surface area contributed by atoms with E-state index in [1.807, 2.05) is 0 Å². The molecule has 122 valence electrons. The van der Waals surface area contributed by atoms with Crippen molar-refractivity contribution in [1.82, 2.24) is 9.97 Å². The van der Waals surface area contributed by atoms with Crippen molar-refractivity contribution in [3.05, 3.63) is 70.2 Å². The Hall–Kier alpha value is -3.02. The van der Waals surface area contributed by atoms with Crippen molar-refractivity contribution in [2.45, 2.75) is 19.8 Å². The van der Waals surface area contributed by atoms with Crippen molar-refractivity contribution in [3.8, 4) is 22.6 Å². The molecule has 0 amide bonds. The summed E-state index contributed by atoms with van der Waals surface area (Å²) in [6.07, 6.45) is 1.71. The van der Waals surface area contributed by atoms with E-state index in [2.05, 4.69) is 16.9 Å². The summed E-state index contributed by atoms with van der Waals surface area (Å²) >= 11 is 0. The fraction of sp³-hybridized carbons (Fsp3) is 0.167. The molecular formula is C18H16FN3O2. The van der Waals surface area contributed by atoms with E-state index in [4.69, 9.17) is 0 Å². The van der Waals surface area contributed by atoms with Crippen molar-refractivity contribution in [3.63, 3.8) is 0 Å². The van der Waals surface area contributed by atoms with Crippen LogP contribution in [0.2, 0.25) is 0 Å². The molecule has 0 aliphatic heterocycles. The van der Waals surface area contributed by atoms with Gasteiger partial charge in [0.2, 0.25) is 0 Å². The first-order valence-electron chi connectivity index (χ1n) is 7.68. The molecule has 0 bridgehead atoms. The highest BCUT2D eigenvalue weighted by atomic mass is 19.1. The summed E-state index contributed by atoms with van der Waals surface area (Å²) < 4.78 is 13.1. The van der Waals surface area contributed by atoms with Gasteiger partial charge in [-0.2, -0.15) is 0 Å². The van der Waals surface area contributed by atoms with Crippen molar-refractivity contribution in [2.24, 2.45) is 0 Å². The zero-order valence-corrected chi connectivity index (χ0v) is 13.1. The Kier molecular flexibility index (Phi) is 4.37.